The van der Waals surface area contributed by atoms with Crippen molar-refractivity contribution in [2.24, 2.45) is 0 Å². The van der Waals surface area contributed by atoms with Crippen LogP contribution in [0.2, 0.25) is 0 Å². The summed E-state index contributed by atoms with van der Waals surface area (Å²) in [5.74, 6) is -0.822. The fourth-order valence-corrected chi connectivity index (χ4v) is 1.68. The Labute approximate surface area is 99.4 Å². The molecule has 94 valence electrons. The highest BCUT2D eigenvalue weighted by molar-refractivity contribution is 5.62. The molecule has 0 aliphatic carbocycles. The first kappa shape index (κ1) is 13.4. The van der Waals surface area contributed by atoms with Gasteiger partial charge in [-0.3, -0.25) is 10.1 Å². The maximum absolute atomic E-state index is 13.3. The van der Waals surface area contributed by atoms with Crippen molar-refractivity contribution in [1.29, 1.82) is 0 Å². The highest BCUT2D eigenvalue weighted by atomic mass is 19.1. The predicted octanol–water partition coefficient (Wildman–Crippen LogP) is 2.10. The lowest BCUT2D eigenvalue weighted by molar-refractivity contribution is -0.386. The summed E-state index contributed by atoms with van der Waals surface area (Å²) >= 11 is 0. The summed E-state index contributed by atoms with van der Waals surface area (Å²) < 4.78 is 13.3. The molecule has 6 heteroatoms. The number of halogens is 1. The Kier molecular flexibility index (Phi) is 4.39. The quantitative estimate of drug-likeness (QED) is 0.633. The van der Waals surface area contributed by atoms with Gasteiger partial charge in [0.05, 0.1) is 4.92 Å². The molecule has 0 amide bonds. The Morgan fingerprint density at radius 3 is 2.71 bits per heavy atom. The zero-order chi connectivity index (χ0) is 13.0. The summed E-state index contributed by atoms with van der Waals surface area (Å²) in [5, 5.41) is 13.7. The fraction of sp³-hybridized carbons (Fsp3) is 0.455. The maximum Gasteiger partial charge on any atom is 0.327 e. The Balaban J connectivity index is 2.91. The third kappa shape index (κ3) is 3.67. The van der Waals surface area contributed by atoms with E-state index in [1.165, 1.54) is 12.1 Å². The second kappa shape index (κ2) is 5.58. The van der Waals surface area contributed by atoms with E-state index in [1.807, 2.05) is 25.9 Å². The van der Waals surface area contributed by atoms with Gasteiger partial charge in [-0.15, -0.1) is 0 Å². The van der Waals surface area contributed by atoms with Gasteiger partial charge < -0.3 is 10.2 Å². The van der Waals surface area contributed by atoms with Crippen LogP contribution in [0.15, 0.2) is 18.2 Å². The van der Waals surface area contributed by atoms with Crippen molar-refractivity contribution in [3.63, 3.8) is 0 Å². The second-order valence-electron chi connectivity index (χ2n) is 4.20. The van der Waals surface area contributed by atoms with Gasteiger partial charge >= 0.3 is 5.69 Å². The van der Waals surface area contributed by atoms with E-state index in [1.54, 1.807) is 0 Å². The maximum atomic E-state index is 13.3. The van der Waals surface area contributed by atoms with Crippen molar-refractivity contribution in [3.05, 3.63) is 34.1 Å². The molecule has 0 aromatic heterocycles. The van der Waals surface area contributed by atoms with E-state index >= 15 is 0 Å². The molecule has 1 atom stereocenters. The SMILES string of the molecule is CC(CN(C)C)Nc1cccc(F)c1[N+](=O)[O-]. The summed E-state index contributed by atoms with van der Waals surface area (Å²) in [7, 11) is 3.80. The minimum Gasteiger partial charge on any atom is -0.376 e. The Bertz CT molecular complexity index is 410. The van der Waals surface area contributed by atoms with E-state index < -0.39 is 16.4 Å². The van der Waals surface area contributed by atoms with Crippen molar-refractivity contribution in [3.8, 4) is 0 Å². The lowest BCUT2D eigenvalue weighted by atomic mass is 10.2. The normalized spacial score (nSPS) is 12.5. The topological polar surface area (TPSA) is 58.4 Å². The summed E-state index contributed by atoms with van der Waals surface area (Å²) in [6.45, 7) is 2.59. The number of anilines is 1. The van der Waals surface area contributed by atoms with Crippen LogP contribution in [0.25, 0.3) is 0 Å². The number of nitro groups is 1. The fourth-order valence-electron chi connectivity index (χ4n) is 1.68. The molecule has 0 aliphatic heterocycles. The van der Waals surface area contributed by atoms with Crippen LogP contribution >= 0.6 is 0 Å². The molecule has 0 fully saturated rings. The summed E-state index contributed by atoms with van der Waals surface area (Å²) in [5.41, 5.74) is -0.289. The molecule has 0 radical (unpaired) electrons. The van der Waals surface area contributed by atoms with E-state index in [9.17, 15) is 14.5 Å². The molecule has 17 heavy (non-hydrogen) atoms. The van der Waals surface area contributed by atoms with Crippen molar-refractivity contribution in [2.45, 2.75) is 13.0 Å². The molecule has 5 nitrogen and oxygen atoms in total. The molecule has 1 unspecified atom stereocenters. The number of nitro benzene ring substituents is 1. The number of rotatable bonds is 5. The number of nitrogens with one attached hydrogen (secondary N) is 1. The van der Waals surface area contributed by atoms with E-state index in [0.717, 1.165) is 6.07 Å². The largest absolute Gasteiger partial charge is 0.376 e. The number of likely N-dealkylation sites (N-methyl/N-ethyl adjacent to an activating group) is 1. The van der Waals surface area contributed by atoms with E-state index in [-0.39, 0.29) is 11.7 Å². The molecule has 1 N–H and O–H groups in total. The smallest absolute Gasteiger partial charge is 0.327 e. The number of hydrogen-bond acceptors (Lipinski definition) is 4. The van der Waals surface area contributed by atoms with Crippen LogP contribution in [0.3, 0.4) is 0 Å². The molecule has 0 heterocycles. The summed E-state index contributed by atoms with van der Waals surface area (Å²) in [6.07, 6.45) is 0. The Morgan fingerprint density at radius 1 is 1.53 bits per heavy atom. The molecule has 1 aromatic rings. The summed E-state index contributed by atoms with van der Waals surface area (Å²) in [6, 6.07) is 4.03. The molecule has 0 spiro atoms. The molecule has 0 bridgehead atoms. The molecule has 0 saturated carbocycles. The van der Waals surface area contributed by atoms with Crippen LogP contribution in [-0.4, -0.2) is 36.5 Å². The molecule has 0 saturated heterocycles. The minimum atomic E-state index is -0.822. The van der Waals surface area contributed by atoms with E-state index in [2.05, 4.69) is 5.32 Å². The molecule has 1 rings (SSSR count). The van der Waals surface area contributed by atoms with Gasteiger partial charge in [0.15, 0.2) is 0 Å². The Hall–Kier alpha value is -1.69. The monoisotopic (exact) mass is 241 g/mol. The average Bonchev–Trinajstić information content (AvgIpc) is 2.15. The second-order valence-corrected chi connectivity index (χ2v) is 4.20. The van der Waals surface area contributed by atoms with Crippen molar-refractivity contribution in [1.82, 2.24) is 4.90 Å². The van der Waals surface area contributed by atoms with Gasteiger partial charge in [-0.05, 0) is 33.2 Å². The van der Waals surface area contributed by atoms with Gasteiger partial charge in [0, 0.05) is 12.6 Å². The van der Waals surface area contributed by atoms with Crippen LogP contribution in [0.4, 0.5) is 15.8 Å². The first-order valence-electron chi connectivity index (χ1n) is 5.26. The van der Waals surface area contributed by atoms with Gasteiger partial charge in [-0.1, -0.05) is 6.07 Å². The first-order chi connectivity index (χ1) is 7.91. The van der Waals surface area contributed by atoms with Gasteiger partial charge in [-0.25, -0.2) is 0 Å². The lowest BCUT2D eigenvalue weighted by Gasteiger charge is -2.19. The van der Waals surface area contributed by atoms with Gasteiger partial charge in [-0.2, -0.15) is 4.39 Å². The van der Waals surface area contributed by atoms with E-state index in [0.29, 0.717) is 6.54 Å². The molecule has 1 aromatic carbocycles. The average molecular weight is 241 g/mol. The van der Waals surface area contributed by atoms with Crippen LogP contribution in [-0.2, 0) is 0 Å². The van der Waals surface area contributed by atoms with Crippen LogP contribution in [0.5, 0.6) is 0 Å². The van der Waals surface area contributed by atoms with Gasteiger partial charge in [0.1, 0.15) is 5.69 Å². The van der Waals surface area contributed by atoms with Crippen molar-refractivity contribution < 1.29 is 9.31 Å². The zero-order valence-electron chi connectivity index (χ0n) is 10.1. The van der Waals surface area contributed by atoms with Crippen molar-refractivity contribution in [2.75, 3.05) is 26.0 Å². The number of nitrogens with zero attached hydrogens (tertiary/aromatic N) is 2. The zero-order valence-corrected chi connectivity index (χ0v) is 10.1. The number of benzene rings is 1. The van der Waals surface area contributed by atoms with Crippen LogP contribution < -0.4 is 5.32 Å². The highest BCUT2D eigenvalue weighted by Crippen LogP contribution is 2.27. The van der Waals surface area contributed by atoms with Gasteiger partial charge in [0.25, 0.3) is 0 Å². The molecular weight excluding hydrogens is 225 g/mol. The first-order valence-corrected chi connectivity index (χ1v) is 5.26. The highest BCUT2D eigenvalue weighted by Gasteiger charge is 2.20. The Morgan fingerprint density at radius 2 is 2.18 bits per heavy atom. The third-order valence-electron chi connectivity index (χ3n) is 2.21. The molecular formula is C11H16FN3O2. The van der Waals surface area contributed by atoms with Gasteiger partial charge in [0.2, 0.25) is 5.82 Å². The summed E-state index contributed by atoms with van der Waals surface area (Å²) in [4.78, 5) is 12.0. The van der Waals surface area contributed by atoms with Crippen LogP contribution in [0.1, 0.15) is 6.92 Å². The third-order valence-corrected chi connectivity index (χ3v) is 2.21. The van der Waals surface area contributed by atoms with Crippen molar-refractivity contribution >= 4 is 11.4 Å². The molecule has 0 aliphatic rings. The predicted molar refractivity (Wildman–Crippen MR) is 64.7 cm³/mol. The number of hydrogen-bond donors (Lipinski definition) is 1. The lowest BCUT2D eigenvalue weighted by Crippen LogP contribution is -2.29. The standard InChI is InChI=1S/C11H16FN3O2/c1-8(7-14(2)3)13-10-6-4-5-9(12)11(10)15(16)17/h4-6,8,13H,7H2,1-3H3. The minimum absolute atomic E-state index is 0.00880. The number of para-hydroxylation sites is 1. The van der Waals surface area contributed by atoms with E-state index in [4.69, 9.17) is 0 Å². The van der Waals surface area contributed by atoms with Crippen LogP contribution in [0, 0.1) is 15.9 Å².